The highest BCUT2D eigenvalue weighted by atomic mass is 16.2. The molecule has 1 aromatic carbocycles. The fourth-order valence-corrected chi connectivity index (χ4v) is 3.98. The van der Waals surface area contributed by atoms with Gasteiger partial charge in [0.05, 0.1) is 6.04 Å². The van der Waals surface area contributed by atoms with Crippen molar-refractivity contribution in [1.82, 2.24) is 15.5 Å². The van der Waals surface area contributed by atoms with E-state index in [2.05, 4.69) is 10.6 Å². The molecule has 2 fully saturated rings. The number of nitrogens with zero attached hydrogens (tertiary/aromatic N) is 1. The predicted molar refractivity (Wildman–Crippen MR) is 88.8 cm³/mol. The molecular formula is C18H25N3O2. The topological polar surface area (TPSA) is 61.4 Å². The summed E-state index contributed by atoms with van der Waals surface area (Å²) in [5, 5.41) is 5.94. The molecule has 2 aliphatic rings. The van der Waals surface area contributed by atoms with Crippen molar-refractivity contribution in [3.8, 4) is 0 Å². The van der Waals surface area contributed by atoms with E-state index in [9.17, 15) is 9.59 Å². The van der Waals surface area contributed by atoms with Crippen LogP contribution in [0.1, 0.15) is 44.7 Å². The van der Waals surface area contributed by atoms with Gasteiger partial charge in [0, 0.05) is 12.6 Å². The molecule has 1 aliphatic carbocycles. The van der Waals surface area contributed by atoms with E-state index < -0.39 is 0 Å². The van der Waals surface area contributed by atoms with Gasteiger partial charge < -0.3 is 15.5 Å². The third-order valence-electron chi connectivity index (χ3n) is 5.07. The Kier molecular flexibility index (Phi) is 4.55. The largest absolute Gasteiger partial charge is 0.348 e. The summed E-state index contributed by atoms with van der Waals surface area (Å²) in [7, 11) is 0. The average molecular weight is 315 g/mol. The molecule has 5 heteroatoms. The van der Waals surface area contributed by atoms with Crippen LogP contribution < -0.4 is 10.6 Å². The molecule has 0 unspecified atom stereocenters. The highest BCUT2D eigenvalue weighted by Crippen LogP contribution is 2.42. The molecule has 0 spiro atoms. The minimum atomic E-state index is -0.327. The third kappa shape index (κ3) is 3.05. The standard InChI is InChI=1S/C18H25N3O2/c1-3-19-18(23)21-15-10-9-14(11-15)16(21)17(22)20-12(2)13-7-5-4-6-8-13/h4-8,12,14-16H,3,9-11H2,1-2H3,(H,19,23)(H,20,22)/t12-,14-,15-,16-/m0/s1. The molecule has 124 valence electrons. The zero-order valence-electron chi connectivity index (χ0n) is 13.8. The van der Waals surface area contributed by atoms with Crippen LogP contribution in [0.5, 0.6) is 0 Å². The summed E-state index contributed by atoms with van der Waals surface area (Å²) in [6, 6.07) is 9.64. The van der Waals surface area contributed by atoms with E-state index in [-0.39, 0.29) is 30.1 Å². The summed E-state index contributed by atoms with van der Waals surface area (Å²) in [6.07, 6.45) is 3.01. The monoisotopic (exact) mass is 315 g/mol. The van der Waals surface area contributed by atoms with Crippen LogP contribution in [0.25, 0.3) is 0 Å². The minimum Gasteiger partial charge on any atom is -0.348 e. The molecule has 1 heterocycles. The molecule has 3 amide bonds. The number of likely N-dealkylation sites (tertiary alicyclic amines) is 1. The Labute approximate surface area is 137 Å². The third-order valence-corrected chi connectivity index (χ3v) is 5.07. The quantitative estimate of drug-likeness (QED) is 0.896. The summed E-state index contributed by atoms with van der Waals surface area (Å²) in [5.74, 6) is 0.269. The van der Waals surface area contributed by atoms with Crippen LogP contribution in [-0.2, 0) is 4.79 Å². The van der Waals surface area contributed by atoms with Gasteiger partial charge in [0.1, 0.15) is 6.04 Å². The van der Waals surface area contributed by atoms with Crippen molar-refractivity contribution in [2.45, 2.75) is 51.2 Å². The molecule has 0 aromatic heterocycles. The van der Waals surface area contributed by atoms with Gasteiger partial charge in [-0.2, -0.15) is 0 Å². The van der Waals surface area contributed by atoms with Gasteiger partial charge in [0.25, 0.3) is 0 Å². The molecule has 2 bridgehead atoms. The fraction of sp³-hybridized carbons (Fsp3) is 0.556. The lowest BCUT2D eigenvalue weighted by Gasteiger charge is -2.35. The van der Waals surface area contributed by atoms with Crippen LogP contribution in [0, 0.1) is 5.92 Å². The first-order chi connectivity index (χ1) is 11.1. The summed E-state index contributed by atoms with van der Waals surface area (Å²) >= 11 is 0. The molecule has 3 rings (SSSR count). The van der Waals surface area contributed by atoms with Gasteiger partial charge in [-0.1, -0.05) is 30.3 Å². The number of nitrogens with one attached hydrogen (secondary N) is 2. The normalized spacial score (nSPS) is 26.9. The van der Waals surface area contributed by atoms with Gasteiger partial charge >= 0.3 is 6.03 Å². The van der Waals surface area contributed by atoms with Crippen molar-refractivity contribution >= 4 is 11.9 Å². The molecule has 1 aromatic rings. The van der Waals surface area contributed by atoms with Gasteiger partial charge in [-0.05, 0) is 44.6 Å². The molecule has 1 saturated heterocycles. The van der Waals surface area contributed by atoms with Gasteiger partial charge in [-0.3, -0.25) is 4.79 Å². The molecule has 23 heavy (non-hydrogen) atoms. The molecule has 0 radical (unpaired) electrons. The first kappa shape index (κ1) is 15.8. The number of hydrogen-bond acceptors (Lipinski definition) is 2. The van der Waals surface area contributed by atoms with Crippen LogP contribution in [0.2, 0.25) is 0 Å². The minimum absolute atomic E-state index is 0.0280. The summed E-state index contributed by atoms with van der Waals surface area (Å²) < 4.78 is 0. The molecule has 5 nitrogen and oxygen atoms in total. The highest BCUT2D eigenvalue weighted by molar-refractivity contribution is 5.88. The average Bonchev–Trinajstić information content (AvgIpc) is 3.16. The first-order valence-electron chi connectivity index (χ1n) is 8.53. The van der Waals surface area contributed by atoms with Crippen molar-refractivity contribution in [2.24, 2.45) is 5.92 Å². The Bertz CT molecular complexity index is 575. The number of fused-ring (bicyclic) bond motifs is 2. The number of hydrogen-bond donors (Lipinski definition) is 2. The van der Waals surface area contributed by atoms with Gasteiger partial charge in [-0.15, -0.1) is 0 Å². The van der Waals surface area contributed by atoms with Crippen molar-refractivity contribution in [1.29, 1.82) is 0 Å². The Morgan fingerprint density at radius 3 is 2.70 bits per heavy atom. The van der Waals surface area contributed by atoms with Crippen molar-refractivity contribution in [3.05, 3.63) is 35.9 Å². The zero-order valence-corrected chi connectivity index (χ0v) is 13.8. The van der Waals surface area contributed by atoms with E-state index in [0.717, 1.165) is 24.8 Å². The highest BCUT2D eigenvalue weighted by Gasteiger charge is 2.51. The van der Waals surface area contributed by atoms with E-state index >= 15 is 0 Å². The Hall–Kier alpha value is -2.04. The summed E-state index contributed by atoms with van der Waals surface area (Å²) in [4.78, 5) is 26.9. The SMILES string of the molecule is CCNC(=O)N1[C@H]2CC[C@@H](C2)[C@H]1C(=O)N[C@@H](C)c1ccccc1. The lowest BCUT2D eigenvalue weighted by atomic mass is 9.97. The van der Waals surface area contributed by atoms with Crippen LogP contribution in [0.3, 0.4) is 0 Å². The number of carbonyl (C=O) groups excluding carboxylic acids is 2. The smallest absolute Gasteiger partial charge is 0.318 e. The van der Waals surface area contributed by atoms with Crippen LogP contribution >= 0.6 is 0 Å². The number of amides is 3. The first-order valence-corrected chi connectivity index (χ1v) is 8.53. The maximum atomic E-state index is 12.8. The van der Waals surface area contributed by atoms with Crippen molar-refractivity contribution in [2.75, 3.05) is 6.54 Å². The van der Waals surface area contributed by atoms with Gasteiger partial charge in [0.2, 0.25) is 5.91 Å². The van der Waals surface area contributed by atoms with E-state index in [0.29, 0.717) is 12.5 Å². The predicted octanol–water partition coefficient (Wildman–Crippen LogP) is 2.45. The summed E-state index contributed by atoms with van der Waals surface area (Å²) in [5.41, 5.74) is 1.08. The van der Waals surface area contributed by atoms with Crippen LogP contribution in [0.4, 0.5) is 4.79 Å². The maximum absolute atomic E-state index is 12.8. The molecule has 2 N–H and O–H groups in total. The van der Waals surface area contributed by atoms with E-state index in [1.807, 2.05) is 44.2 Å². The number of urea groups is 1. The lowest BCUT2D eigenvalue weighted by Crippen LogP contribution is -2.55. The molecule has 1 saturated carbocycles. The molecular weight excluding hydrogens is 290 g/mol. The zero-order chi connectivity index (χ0) is 16.4. The second kappa shape index (κ2) is 6.60. The van der Waals surface area contributed by atoms with Crippen molar-refractivity contribution < 1.29 is 9.59 Å². The van der Waals surface area contributed by atoms with Crippen LogP contribution in [0.15, 0.2) is 30.3 Å². The second-order valence-corrected chi connectivity index (χ2v) is 6.56. The molecule has 4 atom stereocenters. The number of rotatable bonds is 4. The Morgan fingerprint density at radius 1 is 1.26 bits per heavy atom. The van der Waals surface area contributed by atoms with E-state index in [1.165, 1.54) is 0 Å². The van der Waals surface area contributed by atoms with Crippen LogP contribution in [-0.4, -0.2) is 35.5 Å². The second-order valence-electron chi connectivity index (χ2n) is 6.56. The number of benzene rings is 1. The van der Waals surface area contributed by atoms with E-state index in [4.69, 9.17) is 0 Å². The maximum Gasteiger partial charge on any atom is 0.318 e. The molecule has 1 aliphatic heterocycles. The number of piperidine rings is 1. The van der Waals surface area contributed by atoms with Gasteiger partial charge in [-0.25, -0.2) is 4.79 Å². The lowest BCUT2D eigenvalue weighted by molar-refractivity contribution is -0.127. The van der Waals surface area contributed by atoms with Crippen molar-refractivity contribution in [3.63, 3.8) is 0 Å². The fourth-order valence-electron chi connectivity index (χ4n) is 3.98. The van der Waals surface area contributed by atoms with E-state index in [1.54, 1.807) is 4.90 Å². The Morgan fingerprint density at radius 2 is 2.00 bits per heavy atom. The summed E-state index contributed by atoms with van der Waals surface area (Å²) in [6.45, 7) is 4.47. The van der Waals surface area contributed by atoms with Gasteiger partial charge in [0.15, 0.2) is 0 Å². The Balaban J connectivity index is 1.71. The number of carbonyl (C=O) groups is 2.